The molecule has 7 nitrogen and oxygen atoms in total. The van der Waals surface area contributed by atoms with Crippen molar-refractivity contribution in [1.82, 2.24) is 5.32 Å². The number of anilines is 2. The lowest BCUT2D eigenvalue weighted by Gasteiger charge is -2.26. The highest BCUT2D eigenvalue weighted by Gasteiger charge is 2.37. The molecular weight excluding hydrogens is 370 g/mol. The number of nitrogens with zero attached hydrogens (tertiary/aromatic N) is 2. The summed E-state index contributed by atoms with van der Waals surface area (Å²) in [6.45, 7) is 5.52. The predicted molar refractivity (Wildman–Crippen MR) is 103 cm³/mol. The molecule has 0 bridgehead atoms. The van der Waals surface area contributed by atoms with Gasteiger partial charge in [-0.3, -0.25) is 14.9 Å². The van der Waals surface area contributed by atoms with Crippen LogP contribution in [-0.4, -0.2) is 30.9 Å². The van der Waals surface area contributed by atoms with Gasteiger partial charge in [0.2, 0.25) is 0 Å². The molecule has 0 aliphatic carbocycles. The van der Waals surface area contributed by atoms with E-state index in [9.17, 15) is 14.4 Å². The third kappa shape index (κ3) is 3.73. The minimum absolute atomic E-state index is 0.190. The van der Waals surface area contributed by atoms with E-state index in [1.807, 2.05) is 18.7 Å². The summed E-state index contributed by atoms with van der Waals surface area (Å²) < 4.78 is 5.71. The highest BCUT2D eigenvalue weighted by molar-refractivity contribution is 6.39. The summed E-state index contributed by atoms with van der Waals surface area (Å²) in [6.07, 6.45) is 1.33. The van der Waals surface area contributed by atoms with E-state index < -0.39 is 17.8 Å². The summed E-state index contributed by atoms with van der Waals surface area (Å²) in [5, 5.41) is 2.64. The zero-order valence-corrected chi connectivity index (χ0v) is 15.6. The summed E-state index contributed by atoms with van der Waals surface area (Å²) in [6, 6.07) is 8.79. The zero-order valence-electron chi connectivity index (χ0n) is 14.9. The van der Waals surface area contributed by atoms with Gasteiger partial charge in [0.15, 0.2) is 5.88 Å². The van der Waals surface area contributed by atoms with Crippen LogP contribution in [0.25, 0.3) is 6.08 Å². The number of furan rings is 1. The second-order valence-corrected chi connectivity index (χ2v) is 6.22. The Hall–Kier alpha value is -3.06. The van der Waals surface area contributed by atoms with Gasteiger partial charge in [0.1, 0.15) is 11.3 Å². The summed E-state index contributed by atoms with van der Waals surface area (Å²) in [4.78, 5) is 40.0. The van der Waals surface area contributed by atoms with Crippen LogP contribution in [0.1, 0.15) is 19.6 Å². The van der Waals surface area contributed by atoms with Crippen LogP contribution < -0.4 is 15.1 Å². The smallest absolute Gasteiger partial charge is 0.335 e. The highest BCUT2D eigenvalue weighted by atomic mass is 35.5. The number of rotatable bonds is 5. The first kappa shape index (κ1) is 18.7. The fourth-order valence-electron chi connectivity index (χ4n) is 2.75. The van der Waals surface area contributed by atoms with E-state index in [0.717, 1.165) is 18.0 Å². The van der Waals surface area contributed by atoms with E-state index in [1.165, 1.54) is 18.2 Å². The van der Waals surface area contributed by atoms with E-state index in [0.29, 0.717) is 22.4 Å². The van der Waals surface area contributed by atoms with Crippen molar-refractivity contribution in [2.75, 3.05) is 22.9 Å². The lowest BCUT2D eigenvalue weighted by Crippen LogP contribution is -2.54. The molecule has 1 N–H and O–H groups in total. The van der Waals surface area contributed by atoms with Crippen molar-refractivity contribution >= 4 is 47.1 Å². The molecule has 1 fully saturated rings. The largest absolute Gasteiger partial charge is 0.441 e. The normalized spacial score (nSPS) is 16.0. The molecule has 4 amide bonds. The van der Waals surface area contributed by atoms with Gasteiger partial charge in [-0.15, -0.1) is 0 Å². The first-order chi connectivity index (χ1) is 12.9. The van der Waals surface area contributed by atoms with Crippen LogP contribution in [0.5, 0.6) is 0 Å². The number of barbiturate groups is 1. The van der Waals surface area contributed by atoms with E-state index >= 15 is 0 Å². The number of hydrogen-bond donors (Lipinski definition) is 1. The third-order valence-electron chi connectivity index (χ3n) is 4.16. The molecule has 1 aromatic carbocycles. The molecule has 0 spiro atoms. The van der Waals surface area contributed by atoms with Gasteiger partial charge in [-0.25, -0.2) is 9.69 Å². The molecule has 1 aromatic heterocycles. The van der Waals surface area contributed by atoms with Crippen LogP contribution in [0.4, 0.5) is 16.4 Å². The maximum absolute atomic E-state index is 12.8. The molecule has 0 unspecified atom stereocenters. The number of nitrogens with one attached hydrogen (secondary N) is 1. The van der Waals surface area contributed by atoms with Crippen molar-refractivity contribution in [2.24, 2.45) is 0 Å². The molecule has 140 valence electrons. The Kier molecular flexibility index (Phi) is 5.32. The number of urea groups is 1. The van der Waals surface area contributed by atoms with E-state index in [-0.39, 0.29) is 5.57 Å². The van der Waals surface area contributed by atoms with Crippen LogP contribution in [0.2, 0.25) is 5.02 Å². The predicted octanol–water partition coefficient (Wildman–Crippen LogP) is 3.45. The maximum Gasteiger partial charge on any atom is 0.335 e. The van der Waals surface area contributed by atoms with Crippen molar-refractivity contribution in [3.05, 3.63) is 52.8 Å². The summed E-state index contributed by atoms with van der Waals surface area (Å²) in [7, 11) is 0. The molecule has 2 heterocycles. The summed E-state index contributed by atoms with van der Waals surface area (Å²) in [5.41, 5.74) is 0.119. The zero-order chi connectivity index (χ0) is 19.6. The lowest BCUT2D eigenvalue weighted by molar-refractivity contribution is -0.122. The average molecular weight is 388 g/mol. The maximum atomic E-state index is 12.8. The monoisotopic (exact) mass is 387 g/mol. The fraction of sp³-hybridized carbons (Fsp3) is 0.211. The first-order valence-corrected chi connectivity index (χ1v) is 8.84. The number of benzene rings is 1. The van der Waals surface area contributed by atoms with E-state index in [4.69, 9.17) is 16.0 Å². The first-order valence-electron chi connectivity index (χ1n) is 8.46. The van der Waals surface area contributed by atoms with Crippen LogP contribution in [-0.2, 0) is 9.59 Å². The Morgan fingerprint density at radius 1 is 1.07 bits per heavy atom. The highest BCUT2D eigenvalue weighted by Crippen LogP contribution is 2.25. The molecule has 3 rings (SSSR count). The van der Waals surface area contributed by atoms with E-state index in [2.05, 4.69) is 5.32 Å². The molecule has 0 atom stereocenters. The van der Waals surface area contributed by atoms with Crippen molar-refractivity contribution in [1.29, 1.82) is 0 Å². The number of carbonyl (C=O) groups excluding carboxylic acids is 3. The fourth-order valence-corrected chi connectivity index (χ4v) is 2.88. The molecule has 0 saturated carbocycles. The number of halogens is 1. The van der Waals surface area contributed by atoms with Gasteiger partial charge in [-0.2, -0.15) is 0 Å². The Labute approximate surface area is 161 Å². The van der Waals surface area contributed by atoms with Gasteiger partial charge in [0.25, 0.3) is 11.8 Å². The Bertz CT molecular complexity index is 913. The Balaban J connectivity index is 1.93. The molecule has 1 aliphatic heterocycles. The lowest BCUT2D eigenvalue weighted by atomic mass is 10.1. The minimum atomic E-state index is -0.812. The molecule has 2 aromatic rings. The number of amides is 4. The van der Waals surface area contributed by atoms with Crippen LogP contribution >= 0.6 is 11.6 Å². The standard InChI is InChI=1S/C19H18ClN3O4/c1-3-22(4-2)16-10-9-14(27-16)11-15-17(24)21-19(26)23(18(15)25)13-7-5-12(20)6-8-13/h5-11H,3-4H2,1-2H3,(H,21,24,26)/b15-11-. The second-order valence-electron chi connectivity index (χ2n) is 5.78. The Morgan fingerprint density at radius 3 is 2.37 bits per heavy atom. The SMILES string of the molecule is CCN(CC)c1ccc(/C=C2/C(=O)NC(=O)N(c3ccc(Cl)cc3)C2=O)o1. The summed E-state index contributed by atoms with van der Waals surface area (Å²) >= 11 is 5.85. The molecule has 1 saturated heterocycles. The van der Waals surface area contributed by atoms with Gasteiger partial charge in [-0.1, -0.05) is 11.6 Å². The number of carbonyl (C=O) groups is 3. The molecule has 0 radical (unpaired) electrons. The van der Waals surface area contributed by atoms with Crippen molar-refractivity contribution < 1.29 is 18.8 Å². The van der Waals surface area contributed by atoms with Gasteiger partial charge in [0.05, 0.1) is 5.69 Å². The molecular formula is C19H18ClN3O4. The van der Waals surface area contributed by atoms with Crippen LogP contribution in [0, 0.1) is 0 Å². The average Bonchev–Trinajstić information content (AvgIpc) is 3.10. The number of imide groups is 2. The van der Waals surface area contributed by atoms with Crippen molar-refractivity contribution in [2.45, 2.75) is 13.8 Å². The van der Waals surface area contributed by atoms with Crippen molar-refractivity contribution in [3.63, 3.8) is 0 Å². The van der Waals surface area contributed by atoms with Gasteiger partial charge >= 0.3 is 6.03 Å². The molecule has 8 heteroatoms. The van der Waals surface area contributed by atoms with Crippen molar-refractivity contribution in [3.8, 4) is 0 Å². The number of hydrogen-bond acceptors (Lipinski definition) is 5. The molecule has 1 aliphatic rings. The van der Waals surface area contributed by atoms with Crippen LogP contribution in [0.15, 0.2) is 46.4 Å². The van der Waals surface area contributed by atoms with Gasteiger partial charge in [-0.05, 0) is 50.3 Å². The van der Waals surface area contributed by atoms with Gasteiger partial charge < -0.3 is 9.32 Å². The third-order valence-corrected chi connectivity index (χ3v) is 4.41. The summed E-state index contributed by atoms with van der Waals surface area (Å²) in [5.74, 6) is -0.509. The molecule has 27 heavy (non-hydrogen) atoms. The van der Waals surface area contributed by atoms with Gasteiger partial charge in [0, 0.05) is 24.2 Å². The quantitative estimate of drug-likeness (QED) is 0.627. The Morgan fingerprint density at radius 2 is 1.74 bits per heavy atom. The second kappa shape index (κ2) is 7.67. The van der Waals surface area contributed by atoms with Crippen LogP contribution in [0.3, 0.4) is 0 Å². The minimum Gasteiger partial charge on any atom is -0.441 e. The van der Waals surface area contributed by atoms with E-state index in [1.54, 1.807) is 24.3 Å². The topological polar surface area (TPSA) is 82.9 Å².